The molecule has 0 bridgehead atoms. The Morgan fingerprint density at radius 1 is 1.60 bits per heavy atom. The molecule has 15 heavy (non-hydrogen) atoms. The van der Waals surface area contributed by atoms with Crippen molar-refractivity contribution >= 4 is 10.0 Å². The summed E-state index contributed by atoms with van der Waals surface area (Å²) in [4.78, 5) is 0. The van der Waals surface area contributed by atoms with E-state index in [2.05, 4.69) is 12.0 Å². The number of primary sulfonamides is 1. The van der Waals surface area contributed by atoms with E-state index in [0.29, 0.717) is 5.56 Å². The molecule has 6 heteroatoms. The number of aryl methyl sites for hydroxylation is 1. The normalized spacial score (nSPS) is 14.1. The molecule has 1 aromatic heterocycles. The predicted octanol–water partition coefficient (Wildman–Crippen LogP) is 0.951. The molecule has 1 aromatic rings. The van der Waals surface area contributed by atoms with Gasteiger partial charge in [0.15, 0.2) is 0 Å². The highest BCUT2D eigenvalue weighted by Crippen LogP contribution is 2.14. The van der Waals surface area contributed by atoms with Crippen LogP contribution in [0, 0.1) is 6.92 Å². The fourth-order valence-corrected chi connectivity index (χ4v) is 2.01. The van der Waals surface area contributed by atoms with Crippen LogP contribution in [0.2, 0.25) is 0 Å². The summed E-state index contributed by atoms with van der Waals surface area (Å²) >= 11 is 0. The maximum atomic E-state index is 10.9. The van der Waals surface area contributed by atoms with Crippen molar-refractivity contribution in [3.05, 3.63) is 17.5 Å². The lowest BCUT2D eigenvalue weighted by molar-refractivity contribution is 0.475. The fourth-order valence-electron chi connectivity index (χ4n) is 1.29. The predicted molar refractivity (Wildman–Crippen MR) is 58.8 cm³/mol. The Morgan fingerprint density at radius 2 is 2.20 bits per heavy atom. The van der Waals surface area contributed by atoms with Gasteiger partial charge in [0.25, 0.3) is 0 Å². The zero-order chi connectivity index (χ0) is 11.6. The fraction of sp³-hybridized carbons (Fsp3) is 0.667. The number of nitrogens with zero attached hydrogens (tertiary/aromatic N) is 2. The van der Waals surface area contributed by atoms with Crippen LogP contribution in [-0.4, -0.2) is 18.2 Å². The largest absolute Gasteiger partial charge is 0.269 e. The summed E-state index contributed by atoms with van der Waals surface area (Å²) < 4.78 is 23.7. The number of nitrogens with two attached hydrogens (primary N) is 1. The van der Waals surface area contributed by atoms with E-state index in [1.54, 1.807) is 17.8 Å². The molecule has 5 nitrogen and oxygen atoms in total. The second-order valence-corrected chi connectivity index (χ2v) is 5.40. The molecule has 0 saturated carbocycles. The molecule has 2 N–H and O–H groups in total. The third-order valence-electron chi connectivity index (χ3n) is 2.42. The molecule has 1 unspecified atom stereocenters. The molecular weight excluding hydrogens is 214 g/mol. The minimum Gasteiger partial charge on any atom is -0.269 e. The van der Waals surface area contributed by atoms with Gasteiger partial charge in [0, 0.05) is 17.8 Å². The van der Waals surface area contributed by atoms with E-state index in [9.17, 15) is 8.42 Å². The van der Waals surface area contributed by atoms with Crippen molar-refractivity contribution in [1.82, 2.24) is 9.78 Å². The van der Waals surface area contributed by atoms with E-state index >= 15 is 0 Å². The molecule has 86 valence electrons. The Hall–Kier alpha value is -0.880. The van der Waals surface area contributed by atoms with Crippen LogP contribution in [0.25, 0.3) is 0 Å². The summed E-state index contributed by atoms with van der Waals surface area (Å²) in [6.07, 6.45) is 2.71. The van der Waals surface area contributed by atoms with E-state index in [4.69, 9.17) is 5.14 Å². The van der Waals surface area contributed by atoms with Gasteiger partial charge < -0.3 is 0 Å². The molecule has 0 aromatic carbocycles. The SMILES string of the molecule is CCC(C)n1cc(CS(N)(=O)=O)c(C)n1. The third kappa shape index (κ3) is 3.32. The van der Waals surface area contributed by atoms with Crippen molar-refractivity contribution in [2.75, 3.05) is 0 Å². The van der Waals surface area contributed by atoms with E-state index in [1.165, 1.54) is 0 Å². The van der Waals surface area contributed by atoms with Gasteiger partial charge in [0.1, 0.15) is 0 Å². The minimum atomic E-state index is -3.47. The van der Waals surface area contributed by atoms with Crippen LogP contribution in [0.15, 0.2) is 6.20 Å². The first kappa shape index (κ1) is 12.2. The van der Waals surface area contributed by atoms with Crippen molar-refractivity contribution in [1.29, 1.82) is 0 Å². The van der Waals surface area contributed by atoms with Gasteiger partial charge >= 0.3 is 0 Å². The van der Waals surface area contributed by atoms with Gasteiger partial charge in [0.2, 0.25) is 10.0 Å². The van der Waals surface area contributed by atoms with Gasteiger partial charge in [-0.05, 0) is 20.3 Å². The molecule has 1 rings (SSSR count). The Labute approximate surface area is 90.3 Å². The van der Waals surface area contributed by atoms with Gasteiger partial charge in [-0.25, -0.2) is 13.6 Å². The molecule has 1 atom stereocenters. The third-order valence-corrected chi connectivity index (χ3v) is 3.13. The molecule has 0 radical (unpaired) electrons. The summed E-state index contributed by atoms with van der Waals surface area (Å²) in [6, 6.07) is 0.276. The zero-order valence-corrected chi connectivity index (χ0v) is 10.1. The molecule has 0 aliphatic rings. The van der Waals surface area contributed by atoms with Crippen LogP contribution in [0.3, 0.4) is 0 Å². The van der Waals surface area contributed by atoms with Crippen molar-refractivity contribution in [2.45, 2.75) is 39.0 Å². The molecule has 0 amide bonds. The summed E-state index contributed by atoms with van der Waals surface area (Å²) in [5.41, 5.74) is 1.40. The van der Waals surface area contributed by atoms with E-state index < -0.39 is 10.0 Å². The van der Waals surface area contributed by atoms with Crippen LogP contribution in [0.4, 0.5) is 0 Å². The zero-order valence-electron chi connectivity index (χ0n) is 9.27. The van der Waals surface area contributed by atoms with Gasteiger partial charge in [0.05, 0.1) is 11.4 Å². The summed E-state index contributed by atoms with van der Waals surface area (Å²) in [7, 11) is -3.47. The van der Waals surface area contributed by atoms with Crippen LogP contribution in [-0.2, 0) is 15.8 Å². The van der Waals surface area contributed by atoms with Crippen molar-refractivity contribution in [2.24, 2.45) is 5.14 Å². The van der Waals surface area contributed by atoms with Gasteiger partial charge in [-0.1, -0.05) is 6.92 Å². The lowest BCUT2D eigenvalue weighted by atomic mass is 10.2. The molecule has 0 spiro atoms. The molecule has 1 heterocycles. The first-order valence-corrected chi connectivity index (χ1v) is 6.60. The molecule has 0 fully saturated rings. The highest BCUT2D eigenvalue weighted by molar-refractivity contribution is 7.88. The topological polar surface area (TPSA) is 78.0 Å². The van der Waals surface area contributed by atoms with Gasteiger partial charge in [-0.2, -0.15) is 5.10 Å². The Morgan fingerprint density at radius 3 is 2.67 bits per heavy atom. The van der Waals surface area contributed by atoms with Crippen molar-refractivity contribution in [3.8, 4) is 0 Å². The first-order valence-electron chi connectivity index (χ1n) is 4.88. The van der Waals surface area contributed by atoms with E-state index in [-0.39, 0.29) is 11.8 Å². The average Bonchev–Trinajstić information content (AvgIpc) is 2.44. The Balaban J connectivity index is 2.97. The van der Waals surface area contributed by atoms with Crippen LogP contribution < -0.4 is 5.14 Å². The van der Waals surface area contributed by atoms with Crippen LogP contribution in [0.1, 0.15) is 37.6 Å². The lowest BCUT2D eigenvalue weighted by Crippen LogP contribution is -2.14. The highest BCUT2D eigenvalue weighted by atomic mass is 32.2. The van der Waals surface area contributed by atoms with Crippen molar-refractivity contribution < 1.29 is 8.42 Å². The van der Waals surface area contributed by atoms with Crippen LogP contribution in [0.5, 0.6) is 0 Å². The molecule has 0 aliphatic heterocycles. The second kappa shape index (κ2) is 4.32. The number of sulfonamides is 1. The summed E-state index contributed by atoms with van der Waals surface area (Å²) in [5.74, 6) is -0.144. The number of aromatic nitrogens is 2. The standard InChI is InChI=1S/C9H17N3O2S/c1-4-7(2)12-5-9(8(3)11-12)6-15(10,13)14/h5,7H,4,6H2,1-3H3,(H2,10,13,14). The maximum Gasteiger partial charge on any atom is 0.213 e. The summed E-state index contributed by atoms with van der Waals surface area (Å²) in [5, 5.41) is 9.25. The van der Waals surface area contributed by atoms with Gasteiger partial charge in [-0.3, -0.25) is 4.68 Å². The average molecular weight is 231 g/mol. The van der Waals surface area contributed by atoms with Crippen LogP contribution >= 0.6 is 0 Å². The Bertz CT molecular complexity index is 436. The molecular formula is C9H17N3O2S. The first-order chi connectivity index (χ1) is 6.83. The lowest BCUT2D eigenvalue weighted by Gasteiger charge is -2.07. The molecule has 0 aliphatic carbocycles. The van der Waals surface area contributed by atoms with E-state index in [0.717, 1.165) is 12.1 Å². The maximum absolute atomic E-state index is 10.9. The molecule has 0 saturated heterocycles. The number of rotatable bonds is 4. The quantitative estimate of drug-likeness (QED) is 0.838. The van der Waals surface area contributed by atoms with Gasteiger partial charge in [-0.15, -0.1) is 0 Å². The van der Waals surface area contributed by atoms with E-state index in [1.807, 2.05) is 6.92 Å². The highest BCUT2D eigenvalue weighted by Gasteiger charge is 2.13. The number of hydrogen-bond donors (Lipinski definition) is 1. The smallest absolute Gasteiger partial charge is 0.213 e. The summed E-state index contributed by atoms with van der Waals surface area (Å²) in [6.45, 7) is 5.88. The van der Waals surface area contributed by atoms with Crippen molar-refractivity contribution in [3.63, 3.8) is 0 Å². The minimum absolute atomic E-state index is 0.144. The second-order valence-electron chi connectivity index (χ2n) is 3.78. The number of hydrogen-bond acceptors (Lipinski definition) is 3. The monoisotopic (exact) mass is 231 g/mol. The Kier molecular flexibility index (Phi) is 3.51.